The van der Waals surface area contributed by atoms with Crippen molar-refractivity contribution in [3.63, 3.8) is 0 Å². The van der Waals surface area contributed by atoms with Crippen molar-refractivity contribution in [2.45, 2.75) is 57.3 Å². The van der Waals surface area contributed by atoms with Crippen LogP contribution in [0.25, 0.3) is 0 Å². The Kier molecular flexibility index (Phi) is 4.01. The zero-order chi connectivity index (χ0) is 16.7. The van der Waals surface area contributed by atoms with Crippen LogP contribution in [-0.4, -0.2) is 47.5 Å². The van der Waals surface area contributed by atoms with Crippen molar-refractivity contribution in [3.8, 4) is 5.75 Å². The Balaban J connectivity index is 1.49. The van der Waals surface area contributed by atoms with Crippen LogP contribution in [-0.2, 0) is 22.3 Å². The normalized spacial score (nSPS) is 25.7. The minimum atomic E-state index is -0.506. The summed E-state index contributed by atoms with van der Waals surface area (Å²) in [5, 5.41) is 10.3. The monoisotopic (exact) mass is 331 g/mol. The number of carbonyl (C=O) groups is 1. The Morgan fingerprint density at radius 1 is 1.21 bits per heavy atom. The van der Waals surface area contributed by atoms with Gasteiger partial charge in [0.05, 0.1) is 18.3 Å². The molecule has 130 valence electrons. The first-order valence-electron chi connectivity index (χ1n) is 9.02. The van der Waals surface area contributed by atoms with Gasteiger partial charge in [0.1, 0.15) is 5.75 Å². The van der Waals surface area contributed by atoms with Crippen LogP contribution in [0.3, 0.4) is 0 Å². The van der Waals surface area contributed by atoms with Gasteiger partial charge in [-0.15, -0.1) is 0 Å². The van der Waals surface area contributed by atoms with E-state index in [1.807, 2.05) is 17.9 Å². The van der Waals surface area contributed by atoms with Crippen LogP contribution in [0.4, 0.5) is 0 Å². The summed E-state index contributed by atoms with van der Waals surface area (Å²) in [4.78, 5) is 14.7. The van der Waals surface area contributed by atoms with Crippen LogP contribution >= 0.6 is 0 Å². The van der Waals surface area contributed by atoms with Gasteiger partial charge in [-0.3, -0.25) is 4.79 Å². The fourth-order valence-corrected chi connectivity index (χ4v) is 4.13. The summed E-state index contributed by atoms with van der Waals surface area (Å²) in [7, 11) is 0. The molecule has 1 spiro atoms. The van der Waals surface area contributed by atoms with E-state index in [1.54, 1.807) is 6.07 Å². The van der Waals surface area contributed by atoms with Gasteiger partial charge in [-0.2, -0.15) is 0 Å². The first kappa shape index (κ1) is 15.9. The number of amides is 1. The van der Waals surface area contributed by atoms with E-state index >= 15 is 0 Å². The van der Waals surface area contributed by atoms with Gasteiger partial charge in [0.25, 0.3) is 5.91 Å². The van der Waals surface area contributed by atoms with Crippen LogP contribution in [0, 0.1) is 0 Å². The minimum absolute atomic E-state index is 0.0817. The SMILES string of the molecule is CC1COC2(CCN(C(=O)c3cc4c(cc3O)CCCC4)CC2)O1. The van der Waals surface area contributed by atoms with Crippen molar-refractivity contribution in [1.29, 1.82) is 0 Å². The molecule has 1 aromatic rings. The molecular weight excluding hydrogens is 306 g/mol. The molecule has 1 atom stereocenters. The van der Waals surface area contributed by atoms with E-state index in [4.69, 9.17) is 9.47 Å². The Morgan fingerprint density at radius 2 is 1.88 bits per heavy atom. The van der Waals surface area contributed by atoms with E-state index < -0.39 is 5.79 Å². The number of ether oxygens (including phenoxy) is 2. The van der Waals surface area contributed by atoms with Crippen molar-refractivity contribution >= 4 is 5.91 Å². The van der Waals surface area contributed by atoms with Gasteiger partial charge in [-0.25, -0.2) is 0 Å². The molecule has 1 aromatic carbocycles. The van der Waals surface area contributed by atoms with Crippen molar-refractivity contribution in [2.24, 2.45) is 0 Å². The van der Waals surface area contributed by atoms with Crippen molar-refractivity contribution < 1.29 is 19.4 Å². The largest absolute Gasteiger partial charge is 0.507 e. The van der Waals surface area contributed by atoms with E-state index in [0.29, 0.717) is 38.1 Å². The molecule has 24 heavy (non-hydrogen) atoms. The topological polar surface area (TPSA) is 59.0 Å². The summed E-state index contributed by atoms with van der Waals surface area (Å²) in [5.41, 5.74) is 2.84. The molecule has 2 aliphatic heterocycles. The highest BCUT2D eigenvalue weighted by Gasteiger charge is 2.43. The van der Waals surface area contributed by atoms with E-state index in [2.05, 4.69) is 0 Å². The lowest BCUT2D eigenvalue weighted by molar-refractivity contribution is -0.189. The molecule has 0 bridgehead atoms. The zero-order valence-electron chi connectivity index (χ0n) is 14.2. The van der Waals surface area contributed by atoms with Gasteiger partial charge in [-0.05, 0) is 55.9 Å². The average Bonchev–Trinajstić information content (AvgIpc) is 2.95. The van der Waals surface area contributed by atoms with Crippen molar-refractivity contribution in [1.82, 2.24) is 4.90 Å². The minimum Gasteiger partial charge on any atom is -0.507 e. The van der Waals surface area contributed by atoms with Gasteiger partial charge in [0.2, 0.25) is 0 Å². The number of piperidine rings is 1. The van der Waals surface area contributed by atoms with E-state index in [1.165, 1.54) is 11.1 Å². The molecule has 5 heteroatoms. The molecule has 1 amide bonds. The van der Waals surface area contributed by atoms with E-state index in [0.717, 1.165) is 25.7 Å². The van der Waals surface area contributed by atoms with E-state index in [9.17, 15) is 9.90 Å². The maximum atomic E-state index is 12.9. The molecule has 5 nitrogen and oxygen atoms in total. The Hall–Kier alpha value is -1.59. The van der Waals surface area contributed by atoms with Crippen LogP contribution in [0.15, 0.2) is 12.1 Å². The van der Waals surface area contributed by atoms with Crippen molar-refractivity contribution in [3.05, 3.63) is 28.8 Å². The number of hydrogen-bond acceptors (Lipinski definition) is 4. The summed E-state index contributed by atoms with van der Waals surface area (Å²) < 4.78 is 11.7. The molecule has 0 radical (unpaired) electrons. The van der Waals surface area contributed by atoms with Gasteiger partial charge in [-0.1, -0.05) is 0 Å². The van der Waals surface area contributed by atoms with Crippen molar-refractivity contribution in [2.75, 3.05) is 19.7 Å². The highest BCUT2D eigenvalue weighted by molar-refractivity contribution is 5.97. The fourth-order valence-electron chi connectivity index (χ4n) is 4.13. The summed E-state index contributed by atoms with van der Waals surface area (Å²) in [6, 6.07) is 3.69. The second-order valence-electron chi connectivity index (χ2n) is 7.29. The number of aromatic hydroxyl groups is 1. The van der Waals surface area contributed by atoms with Crippen LogP contribution in [0.2, 0.25) is 0 Å². The number of benzene rings is 1. The highest BCUT2D eigenvalue weighted by Crippen LogP contribution is 2.35. The quantitative estimate of drug-likeness (QED) is 0.859. The summed E-state index contributed by atoms with van der Waals surface area (Å²) in [6.07, 6.45) is 5.81. The highest BCUT2D eigenvalue weighted by atomic mass is 16.7. The van der Waals surface area contributed by atoms with Gasteiger partial charge >= 0.3 is 0 Å². The summed E-state index contributed by atoms with van der Waals surface area (Å²) in [5.74, 6) is -0.474. The van der Waals surface area contributed by atoms with Gasteiger partial charge < -0.3 is 19.5 Å². The maximum absolute atomic E-state index is 12.9. The molecule has 1 N–H and O–H groups in total. The lowest BCUT2D eigenvalue weighted by Crippen LogP contribution is -2.47. The third kappa shape index (κ3) is 2.80. The molecule has 4 rings (SSSR count). The van der Waals surface area contributed by atoms with Crippen LogP contribution in [0.1, 0.15) is 54.1 Å². The zero-order valence-corrected chi connectivity index (χ0v) is 14.2. The molecule has 2 saturated heterocycles. The average molecular weight is 331 g/mol. The number of nitrogens with zero attached hydrogens (tertiary/aromatic N) is 1. The number of carbonyl (C=O) groups excluding carboxylic acids is 1. The first-order valence-corrected chi connectivity index (χ1v) is 9.02. The predicted molar refractivity (Wildman–Crippen MR) is 89.1 cm³/mol. The Morgan fingerprint density at radius 3 is 2.50 bits per heavy atom. The third-order valence-electron chi connectivity index (χ3n) is 5.50. The third-order valence-corrected chi connectivity index (χ3v) is 5.50. The smallest absolute Gasteiger partial charge is 0.257 e. The number of likely N-dealkylation sites (tertiary alicyclic amines) is 1. The second kappa shape index (κ2) is 6.05. The first-order chi connectivity index (χ1) is 11.6. The van der Waals surface area contributed by atoms with Crippen LogP contribution in [0.5, 0.6) is 5.75 Å². The number of phenolic OH excluding ortho intramolecular Hbond substituents is 1. The molecule has 0 aromatic heterocycles. The maximum Gasteiger partial charge on any atom is 0.257 e. The molecule has 0 saturated carbocycles. The number of phenols is 1. The number of hydrogen-bond donors (Lipinski definition) is 1. The summed E-state index contributed by atoms with van der Waals surface area (Å²) in [6.45, 7) is 3.83. The van der Waals surface area contributed by atoms with Gasteiger partial charge in [0, 0.05) is 25.9 Å². The molecular formula is C19H25NO4. The second-order valence-corrected chi connectivity index (χ2v) is 7.29. The van der Waals surface area contributed by atoms with Gasteiger partial charge in [0.15, 0.2) is 5.79 Å². The molecule has 1 unspecified atom stereocenters. The number of aryl methyl sites for hydroxylation is 2. The number of rotatable bonds is 1. The lowest BCUT2D eigenvalue weighted by Gasteiger charge is -2.38. The van der Waals surface area contributed by atoms with E-state index in [-0.39, 0.29) is 17.8 Å². The Bertz CT molecular complexity index is 649. The lowest BCUT2D eigenvalue weighted by atomic mass is 9.89. The fraction of sp³-hybridized carbons (Fsp3) is 0.632. The molecule has 2 fully saturated rings. The standard InChI is InChI=1S/C19H25NO4/c1-13-12-23-19(24-13)6-8-20(9-7-19)18(22)16-10-14-4-2-3-5-15(14)11-17(16)21/h10-11,13,21H,2-9,12H2,1H3. The molecule has 3 aliphatic rings. The summed E-state index contributed by atoms with van der Waals surface area (Å²) >= 11 is 0. The molecule has 1 aliphatic carbocycles. The number of fused-ring (bicyclic) bond motifs is 1. The van der Waals surface area contributed by atoms with Crippen LogP contribution < -0.4 is 0 Å². The molecule has 2 heterocycles. The predicted octanol–water partition coefficient (Wildman–Crippen LogP) is 2.64. The Labute approximate surface area is 142 Å².